The van der Waals surface area contributed by atoms with Crippen LogP contribution in [0.25, 0.3) is 0 Å². The molecule has 1 aromatic rings. The van der Waals surface area contributed by atoms with Crippen LogP contribution in [0.3, 0.4) is 0 Å². The van der Waals surface area contributed by atoms with Gasteiger partial charge in [-0.2, -0.15) is 13.2 Å². The lowest BCUT2D eigenvalue weighted by atomic mass is 10.0. The maximum atomic E-state index is 12.3. The summed E-state index contributed by atoms with van der Waals surface area (Å²) in [6, 6.07) is 3.94. The van der Waals surface area contributed by atoms with Crippen molar-refractivity contribution in [3.63, 3.8) is 0 Å². The molecule has 1 rings (SSSR count). The van der Waals surface area contributed by atoms with E-state index in [2.05, 4.69) is 10.7 Å². The average Bonchev–Trinajstić information content (AvgIpc) is 2.02. The number of alkyl halides is 3. The molecule has 1 unspecified atom stereocenters. The molecular formula is C8H7F3N2O. The number of carbonyl (C=O) groups is 1. The molecule has 2 N–H and O–H groups in total. The molecule has 3 nitrogen and oxygen atoms in total. The summed E-state index contributed by atoms with van der Waals surface area (Å²) in [7, 11) is 0. The molecular weight excluding hydrogens is 197 g/mol. The van der Waals surface area contributed by atoms with Gasteiger partial charge in [0.15, 0.2) is 5.92 Å². The summed E-state index contributed by atoms with van der Waals surface area (Å²) in [4.78, 5) is 14.1. The number of pyridine rings is 1. The van der Waals surface area contributed by atoms with E-state index in [1.165, 1.54) is 18.3 Å². The lowest BCUT2D eigenvalue weighted by Crippen LogP contribution is -2.34. The van der Waals surface area contributed by atoms with Gasteiger partial charge in [-0.05, 0) is 12.1 Å². The van der Waals surface area contributed by atoms with Crippen LogP contribution in [0.5, 0.6) is 0 Å². The Balaban J connectivity index is 3.08. The van der Waals surface area contributed by atoms with Crippen molar-refractivity contribution >= 4 is 5.91 Å². The third kappa shape index (κ3) is 2.21. The van der Waals surface area contributed by atoms with Gasteiger partial charge < -0.3 is 5.73 Å². The smallest absolute Gasteiger partial charge is 0.369 e. The van der Waals surface area contributed by atoms with Gasteiger partial charge in [0.25, 0.3) is 0 Å². The second-order valence-corrected chi connectivity index (χ2v) is 2.63. The number of amides is 1. The van der Waals surface area contributed by atoms with Gasteiger partial charge in [0.2, 0.25) is 5.91 Å². The Kier molecular flexibility index (Phi) is 2.73. The number of hydrogen-bond donors (Lipinski definition) is 1. The monoisotopic (exact) mass is 204 g/mol. The molecule has 1 heterocycles. The van der Waals surface area contributed by atoms with Crippen molar-refractivity contribution in [2.75, 3.05) is 0 Å². The Morgan fingerprint density at radius 2 is 2.07 bits per heavy atom. The second kappa shape index (κ2) is 3.65. The predicted molar refractivity (Wildman–Crippen MR) is 42.2 cm³/mol. The minimum atomic E-state index is -4.69. The van der Waals surface area contributed by atoms with Gasteiger partial charge in [0, 0.05) is 6.20 Å². The van der Waals surface area contributed by atoms with E-state index in [0.29, 0.717) is 0 Å². The molecule has 0 aromatic carbocycles. The summed E-state index contributed by atoms with van der Waals surface area (Å²) in [5.41, 5.74) is 4.27. The van der Waals surface area contributed by atoms with Gasteiger partial charge in [0.1, 0.15) is 0 Å². The SMILES string of the molecule is NC(=O)C(c1ccccn1)C(F)(F)F. The molecule has 0 saturated heterocycles. The van der Waals surface area contributed by atoms with Crippen molar-refractivity contribution in [2.45, 2.75) is 12.1 Å². The molecule has 14 heavy (non-hydrogen) atoms. The highest BCUT2D eigenvalue weighted by Crippen LogP contribution is 2.33. The Labute approximate surface area is 77.7 Å². The standard InChI is InChI=1S/C8H7F3N2O/c9-8(10,11)6(7(12)14)5-3-1-2-4-13-5/h1-4,6H,(H2,12,14). The van der Waals surface area contributed by atoms with Crippen molar-refractivity contribution in [3.8, 4) is 0 Å². The summed E-state index contributed by atoms with van der Waals surface area (Å²) in [6.45, 7) is 0. The van der Waals surface area contributed by atoms with Crippen LogP contribution in [-0.4, -0.2) is 17.1 Å². The summed E-state index contributed by atoms with van der Waals surface area (Å²) in [5.74, 6) is -3.78. The quantitative estimate of drug-likeness (QED) is 0.787. The highest BCUT2D eigenvalue weighted by atomic mass is 19.4. The highest BCUT2D eigenvalue weighted by Gasteiger charge is 2.45. The maximum Gasteiger partial charge on any atom is 0.406 e. The number of nitrogens with two attached hydrogens (primary N) is 1. The van der Waals surface area contributed by atoms with Crippen molar-refractivity contribution < 1.29 is 18.0 Å². The van der Waals surface area contributed by atoms with Crippen molar-refractivity contribution in [3.05, 3.63) is 30.1 Å². The second-order valence-electron chi connectivity index (χ2n) is 2.63. The van der Waals surface area contributed by atoms with Crippen LogP contribution in [0.4, 0.5) is 13.2 Å². The zero-order chi connectivity index (χ0) is 10.8. The highest BCUT2D eigenvalue weighted by molar-refractivity contribution is 5.82. The first-order valence-electron chi connectivity index (χ1n) is 3.70. The van der Waals surface area contributed by atoms with Crippen molar-refractivity contribution in [2.24, 2.45) is 5.73 Å². The van der Waals surface area contributed by atoms with Gasteiger partial charge in [-0.1, -0.05) is 6.07 Å². The van der Waals surface area contributed by atoms with Gasteiger partial charge in [-0.15, -0.1) is 0 Å². The number of primary amides is 1. The fourth-order valence-corrected chi connectivity index (χ4v) is 1.02. The van der Waals surface area contributed by atoms with E-state index in [1.807, 2.05) is 0 Å². The summed E-state index contributed by atoms with van der Waals surface area (Å²) < 4.78 is 36.9. The molecule has 1 atom stereocenters. The van der Waals surface area contributed by atoms with Gasteiger partial charge in [0.05, 0.1) is 5.69 Å². The molecule has 1 amide bonds. The first kappa shape index (κ1) is 10.5. The zero-order valence-electron chi connectivity index (χ0n) is 6.95. The van der Waals surface area contributed by atoms with E-state index in [1.54, 1.807) is 0 Å². The van der Waals surface area contributed by atoms with Gasteiger partial charge in [-0.25, -0.2) is 0 Å². The first-order chi connectivity index (χ1) is 6.43. The maximum absolute atomic E-state index is 12.3. The summed E-state index contributed by atoms with van der Waals surface area (Å²) in [6.07, 6.45) is -3.52. The predicted octanol–water partition coefficient (Wildman–Crippen LogP) is 1.21. The van der Waals surface area contributed by atoms with Crippen LogP contribution in [0.15, 0.2) is 24.4 Å². The van der Waals surface area contributed by atoms with Crippen molar-refractivity contribution in [1.29, 1.82) is 0 Å². The normalized spacial score (nSPS) is 13.6. The summed E-state index contributed by atoms with van der Waals surface area (Å²) >= 11 is 0. The fourth-order valence-electron chi connectivity index (χ4n) is 1.02. The molecule has 0 aliphatic heterocycles. The fraction of sp³-hybridized carbons (Fsp3) is 0.250. The number of nitrogens with zero attached hydrogens (tertiary/aromatic N) is 1. The molecule has 0 saturated carbocycles. The van der Waals surface area contributed by atoms with Crippen LogP contribution >= 0.6 is 0 Å². The van der Waals surface area contributed by atoms with E-state index < -0.39 is 18.0 Å². The van der Waals surface area contributed by atoms with Gasteiger partial charge in [-0.3, -0.25) is 9.78 Å². The van der Waals surface area contributed by atoms with Crippen molar-refractivity contribution in [1.82, 2.24) is 4.98 Å². The molecule has 0 radical (unpaired) electrons. The number of halogens is 3. The minimum Gasteiger partial charge on any atom is -0.369 e. The lowest BCUT2D eigenvalue weighted by molar-refractivity contribution is -0.163. The molecule has 0 aliphatic carbocycles. The van der Waals surface area contributed by atoms with Crippen LogP contribution in [-0.2, 0) is 4.79 Å². The Morgan fingerprint density at radius 1 is 1.43 bits per heavy atom. The number of carbonyl (C=O) groups excluding carboxylic acids is 1. The third-order valence-corrected chi connectivity index (χ3v) is 1.60. The molecule has 0 bridgehead atoms. The Hall–Kier alpha value is -1.59. The molecule has 1 aromatic heterocycles. The lowest BCUT2D eigenvalue weighted by Gasteiger charge is -2.15. The largest absolute Gasteiger partial charge is 0.406 e. The van der Waals surface area contributed by atoms with Crippen LogP contribution in [0, 0.1) is 0 Å². The van der Waals surface area contributed by atoms with E-state index in [9.17, 15) is 18.0 Å². The molecule has 0 aliphatic rings. The Bertz CT molecular complexity index is 323. The van der Waals surface area contributed by atoms with E-state index in [0.717, 1.165) is 6.07 Å². The van der Waals surface area contributed by atoms with E-state index in [4.69, 9.17) is 0 Å². The average molecular weight is 204 g/mol. The molecule has 0 fully saturated rings. The zero-order valence-corrected chi connectivity index (χ0v) is 6.95. The number of aromatic nitrogens is 1. The van der Waals surface area contributed by atoms with E-state index >= 15 is 0 Å². The van der Waals surface area contributed by atoms with Crippen LogP contribution < -0.4 is 5.73 Å². The third-order valence-electron chi connectivity index (χ3n) is 1.60. The first-order valence-corrected chi connectivity index (χ1v) is 3.70. The topological polar surface area (TPSA) is 56.0 Å². The van der Waals surface area contributed by atoms with Crippen LogP contribution in [0.1, 0.15) is 11.6 Å². The Morgan fingerprint density at radius 3 is 2.43 bits per heavy atom. The van der Waals surface area contributed by atoms with E-state index in [-0.39, 0.29) is 5.69 Å². The number of rotatable bonds is 2. The molecule has 76 valence electrons. The van der Waals surface area contributed by atoms with Gasteiger partial charge >= 0.3 is 6.18 Å². The number of hydrogen-bond acceptors (Lipinski definition) is 2. The molecule has 6 heteroatoms. The summed E-state index contributed by atoms with van der Waals surface area (Å²) in [5, 5.41) is 0. The minimum absolute atomic E-state index is 0.382. The van der Waals surface area contributed by atoms with Crippen LogP contribution in [0.2, 0.25) is 0 Å². The molecule has 0 spiro atoms.